The number of carbonyl (C=O) groups excluding carboxylic acids is 1. The number of ether oxygens (including phenoxy) is 2. The van der Waals surface area contributed by atoms with Gasteiger partial charge in [0.25, 0.3) is 5.91 Å². The third-order valence-electron chi connectivity index (χ3n) is 8.29. The summed E-state index contributed by atoms with van der Waals surface area (Å²) in [5, 5.41) is 3.97. The molecular weight excluding hydrogens is 478 g/mol. The molecule has 0 aromatic heterocycles. The van der Waals surface area contributed by atoms with Gasteiger partial charge in [0.05, 0.1) is 18.2 Å². The topological polar surface area (TPSA) is 97.3 Å². The molecule has 8 nitrogen and oxygen atoms in total. The lowest BCUT2D eigenvalue weighted by molar-refractivity contribution is -0.119. The fourth-order valence-electron chi connectivity index (χ4n) is 7.18. The monoisotopic (exact) mass is 509 g/mol. The number of rotatable bonds is 7. The van der Waals surface area contributed by atoms with Gasteiger partial charge in [-0.25, -0.2) is 13.8 Å². The maximum absolute atomic E-state index is 12.6. The molecule has 0 spiro atoms. The molecule has 1 aliphatic heterocycles. The number of fused-ring (bicyclic) bond motifs is 1. The van der Waals surface area contributed by atoms with Crippen LogP contribution in [0, 0.1) is 17.8 Å². The summed E-state index contributed by atoms with van der Waals surface area (Å²) in [6.45, 7) is -0.175. The van der Waals surface area contributed by atoms with Crippen molar-refractivity contribution in [3.63, 3.8) is 0 Å². The van der Waals surface area contributed by atoms with Crippen LogP contribution >= 0.6 is 0 Å². The summed E-state index contributed by atoms with van der Waals surface area (Å²) in [4.78, 5) is 12.6. The molecular formula is C27H31N3O5S. The van der Waals surface area contributed by atoms with E-state index in [2.05, 4.69) is 22.7 Å². The number of sulfonamides is 1. The van der Waals surface area contributed by atoms with Crippen molar-refractivity contribution in [2.75, 3.05) is 23.9 Å². The molecule has 4 bridgehead atoms. The smallest absolute Gasteiger partial charge is 0.260 e. The van der Waals surface area contributed by atoms with Crippen LogP contribution in [0.1, 0.15) is 49.7 Å². The highest BCUT2D eigenvalue weighted by atomic mass is 32.2. The van der Waals surface area contributed by atoms with Gasteiger partial charge in [-0.05, 0) is 103 Å². The summed E-state index contributed by atoms with van der Waals surface area (Å²) in [7, 11) is -3.66. The Kier molecular flexibility index (Phi) is 5.70. The fraction of sp³-hybridized carbons (Fsp3) is 0.481. The molecule has 1 amide bonds. The summed E-state index contributed by atoms with van der Waals surface area (Å²) in [6.07, 6.45) is 10.5. The van der Waals surface area contributed by atoms with Crippen LogP contribution in [0.25, 0.3) is 0 Å². The Morgan fingerprint density at radius 1 is 1.03 bits per heavy atom. The fourth-order valence-corrected chi connectivity index (χ4v) is 8.04. The first-order valence-electron chi connectivity index (χ1n) is 12.6. The quantitative estimate of drug-likeness (QED) is 0.452. The second-order valence-corrected chi connectivity index (χ2v) is 12.8. The largest absolute Gasteiger partial charge is 0.454 e. The molecule has 0 saturated heterocycles. The van der Waals surface area contributed by atoms with Gasteiger partial charge in [-0.3, -0.25) is 9.10 Å². The molecule has 36 heavy (non-hydrogen) atoms. The predicted octanol–water partition coefficient (Wildman–Crippen LogP) is 3.80. The number of nitrogens with zero attached hydrogens (tertiary/aromatic N) is 2. The average Bonchev–Trinajstić information content (AvgIpc) is 3.29. The Labute approximate surface area is 211 Å². The molecule has 5 aliphatic rings. The van der Waals surface area contributed by atoms with Crippen LogP contribution in [0.4, 0.5) is 5.69 Å². The Bertz CT molecular complexity index is 1270. The molecule has 7 rings (SSSR count). The van der Waals surface area contributed by atoms with Crippen LogP contribution in [0.3, 0.4) is 0 Å². The lowest BCUT2D eigenvalue weighted by atomic mass is 9.48. The molecule has 2 aromatic carbocycles. The number of benzene rings is 2. The molecule has 4 fully saturated rings. The second-order valence-electron chi connectivity index (χ2n) is 10.9. The van der Waals surface area contributed by atoms with Crippen molar-refractivity contribution in [3.8, 4) is 11.5 Å². The minimum absolute atomic E-state index is 0.178. The van der Waals surface area contributed by atoms with Gasteiger partial charge in [0.1, 0.15) is 6.54 Å². The standard InChI is InChI=1S/C27H31N3O5S/c1-36(32,33)30(16-26(31)29-28-15-18-2-7-24-25(11-18)35-17-34-24)23-5-3-22(4-6-23)27-12-19-8-20(13-27)10-21(9-19)14-27/h2-7,11,15,19-21H,8-10,12-14,16-17H2,1H3,(H,29,31)/b28-15-. The van der Waals surface area contributed by atoms with Crippen molar-refractivity contribution in [1.82, 2.24) is 5.43 Å². The van der Waals surface area contributed by atoms with E-state index in [-0.39, 0.29) is 18.8 Å². The van der Waals surface area contributed by atoms with Gasteiger partial charge in [-0.2, -0.15) is 5.10 Å². The number of hydrogen-bond acceptors (Lipinski definition) is 6. The van der Waals surface area contributed by atoms with Crippen LogP contribution in [0.2, 0.25) is 0 Å². The van der Waals surface area contributed by atoms with Crippen LogP contribution < -0.4 is 19.2 Å². The molecule has 0 unspecified atom stereocenters. The van der Waals surface area contributed by atoms with Crippen LogP contribution in [0.15, 0.2) is 47.6 Å². The molecule has 190 valence electrons. The third kappa shape index (κ3) is 4.45. The molecule has 1 heterocycles. The van der Waals surface area contributed by atoms with Crippen molar-refractivity contribution >= 4 is 27.8 Å². The molecule has 4 aliphatic carbocycles. The van der Waals surface area contributed by atoms with E-state index < -0.39 is 15.9 Å². The zero-order valence-corrected chi connectivity index (χ0v) is 21.2. The number of anilines is 1. The van der Waals surface area contributed by atoms with Gasteiger partial charge < -0.3 is 9.47 Å². The van der Waals surface area contributed by atoms with E-state index >= 15 is 0 Å². The van der Waals surface area contributed by atoms with E-state index in [0.29, 0.717) is 17.2 Å². The summed E-state index contributed by atoms with van der Waals surface area (Å²) in [6, 6.07) is 13.2. The zero-order chi connectivity index (χ0) is 24.9. The Hall–Kier alpha value is -3.07. The molecule has 1 N–H and O–H groups in total. The number of nitrogens with one attached hydrogen (secondary N) is 1. The van der Waals surface area contributed by atoms with Gasteiger partial charge in [0.2, 0.25) is 16.8 Å². The number of hydrazone groups is 1. The minimum atomic E-state index is -3.66. The molecule has 4 saturated carbocycles. The van der Waals surface area contributed by atoms with Crippen LogP contribution in [0.5, 0.6) is 11.5 Å². The summed E-state index contributed by atoms with van der Waals surface area (Å²) < 4.78 is 36.9. The average molecular weight is 510 g/mol. The highest BCUT2D eigenvalue weighted by Gasteiger charge is 2.51. The van der Waals surface area contributed by atoms with E-state index in [1.54, 1.807) is 18.2 Å². The molecule has 0 atom stereocenters. The molecule has 9 heteroatoms. The normalized spacial score (nSPS) is 28.0. The lowest BCUT2D eigenvalue weighted by Gasteiger charge is -2.57. The third-order valence-corrected chi connectivity index (χ3v) is 9.43. The first kappa shape index (κ1) is 23.3. The van der Waals surface area contributed by atoms with Crippen molar-refractivity contribution < 1.29 is 22.7 Å². The van der Waals surface area contributed by atoms with E-state index in [4.69, 9.17) is 9.47 Å². The van der Waals surface area contributed by atoms with Gasteiger partial charge in [-0.1, -0.05) is 12.1 Å². The van der Waals surface area contributed by atoms with Crippen molar-refractivity contribution in [2.24, 2.45) is 22.9 Å². The minimum Gasteiger partial charge on any atom is -0.454 e. The SMILES string of the molecule is CS(=O)(=O)N(CC(=O)N/N=C\c1ccc2c(c1)OCO2)c1ccc(C23CC4CC(CC(C4)C2)C3)cc1. The van der Waals surface area contributed by atoms with E-state index in [1.165, 1.54) is 50.3 Å². The maximum Gasteiger partial charge on any atom is 0.260 e. The van der Waals surface area contributed by atoms with Crippen molar-refractivity contribution in [2.45, 2.75) is 43.9 Å². The summed E-state index contributed by atoms with van der Waals surface area (Å²) in [5.41, 5.74) is 5.19. The number of carbonyl (C=O) groups is 1. The van der Waals surface area contributed by atoms with Crippen LogP contribution in [-0.4, -0.2) is 40.1 Å². The first-order chi connectivity index (χ1) is 17.3. The van der Waals surface area contributed by atoms with Gasteiger partial charge in [0, 0.05) is 0 Å². The van der Waals surface area contributed by atoms with Crippen LogP contribution in [-0.2, 0) is 20.2 Å². The summed E-state index contributed by atoms with van der Waals surface area (Å²) >= 11 is 0. The summed E-state index contributed by atoms with van der Waals surface area (Å²) in [5.74, 6) is 3.27. The molecule has 0 radical (unpaired) electrons. The first-order valence-corrected chi connectivity index (χ1v) is 14.4. The Morgan fingerprint density at radius 2 is 1.67 bits per heavy atom. The van der Waals surface area contributed by atoms with Gasteiger partial charge in [0.15, 0.2) is 11.5 Å². The molecule has 2 aromatic rings. The van der Waals surface area contributed by atoms with Gasteiger partial charge in [-0.15, -0.1) is 0 Å². The second kappa shape index (κ2) is 8.80. The van der Waals surface area contributed by atoms with Crippen molar-refractivity contribution in [1.29, 1.82) is 0 Å². The zero-order valence-electron chi connectivity index (χ0n) is 20.4. The van der Waals surface area contributed by atoms with Gasteiger partial charge >= 0.3 is 0 Å². The van der Waals surface area contributed by atoms with Crippen molar-refractivity contribution in [3.05, 3.63) is 53.6 Å². The highest BCUT2D eigenvalue weighted by Crippen LogP contribution is 2.60. The highest BCUT2D eigenvalue weighted by molar-refractivity contribution is 7.92. The number of amides is 1. The van der Waals surface area contributed by atoms with E-state index in [1.807, 2.05) is 12.1 Å². The van der Waals surface area contributed by atoms with E-state index in [0.717, 1.165) is 33.9 Å². The number of hydrogen-bond donors (Lipinski definition) is 1. The Balaban J connectivity index is 1.14. The maximum atomic E-state index is 12.6. The van der Waals surface area contributed by atoms with E-state index in [9.17, 15) is 13.2 Å². The predicted molar refractivity (Wildman–Crippen MR) is 137 cm³/mol. The lowest BCUT2D eigenvalue weighted by Crippen LogP contribution is -2.48. The Morgan fingerprint density at radius 3 is 2.31 bits per heavy atom.